The lowest BCUT2D eigenvalue weighted by atomic mass is 9.70. The second-order valence-electron chi connectivity index (χ2n) is 11.2. The minimum atomic E-state index is -4.75. The molecule has 10 heteroatoms. The Morgan fingerprint density at radius 1 is 1.11 bits per heavy atom. The van der Waals surface area contributed by atoms with E-state index in [0.717, 1.165) is 30.3 Å². The van der Waals surface area contributed by atoms with E-state index in [0.29, 0.717) is 49.4 Å². The lowest BCUT2D eigenvalue weighted by molar-refractivity contribution is -0.274. The molecular weight excluding hydrogens is 497 g/mol. The number of carbonyl (C=O) groups is 1. The number of nitrogens with one attached hydrogen (secondary N) is 1. The molecule has 1 saturated carbocycles. The predicted molar refractivity (Wildman–Crippen MR) is 139 cm³/mol. The van der Waals surface area contributed by atoms with Gasteiger partial charge in [0.2, 0.25) is 5.95 Å². The zero-order valence-electron chi connectivity index (χ0n) is 21.8. The van der Waals surface area contributed by atoms with Crippen molar-refractivity contribution in [3.63, 3.8) is 0 Å². The van der Waals surface area contributed by atoms with Gasteiger partial charge in [0, 0.05) is 30.4 Å². The quantitative estimate of drug-likeness (QED) is 0.406. The molecule has 1 amide bonds. The van der Waals surface area contributed by atoms with Crippen molar-refractivity contribution in [1.82, 2.24) is 14.5 Å². The summed E-state index contributed by atoms with van der Waals surface area (Å²) in [6, 6.07) is 11.3. The van der Waals surface area contributed by atoms with Crippen LogP contribution in [-0.2, 0) is 4.74 Å². The van der Waals surface area contributed by atoms with Crippen LogP contribution in [0.3, 0.4) is 0 Å². The lowest BCUT2D eigenvalue weighted by Crippen LogP contribution is -2.40. The molecule has 0 spiro atoms. The highest BCUT2D eigenvalue weighted by molar-refractivity contribution is 5.98. The summed E-state index contributed by atoms with van der Waals surface area (Å²) in [5.41, 5.74) is 2.93. The standard InChI is InChI=1S/C28H33F3N4O3/c1-18-14-21(17-27(2,3)16-18)35-24-15-19(25(36)34-10-12-37-13-11-34)4-9-23(24)33-26(35)32-20-5-7-22(8-6-20)38-28(29,30)31/h4-9,15,18,21H,10-14,16-17H2,1-3H3,(H,32,33)/t18-,21+/m1/s1. The number of carbonyl (C=O) groups excluding carboxylic acids is 1. The first-order chi connectivity index (χ1) is 18.0. The first-order valence-corrected chi connectivity index (χ1v) is 13.0. The van der Waals surface area contributed by atoms with Crippen molar-refractivity contribution in [1.29, 1.82) is 0 Å². The van der Waals surface area contributed by atoms with Gasteiger partial charge in [0.1, 0.15) is 5.75 Å². The molecule has 0 unspecified atom stereocenters. The lowest BCUT2D eigenvalue weighted by Gasteiger charge is -2.40. The summed E-state index contributed by atoms with van der Waals surface area (Å²) < 4.78 is 49.3. The summed E-state index contributed by atoms with van der Waals surface area (Å²) in [5.74, 6) is 0.780. The normalized spacial score (nSPS) is 21.9. The summed E-state index contributed by atoms with van der Waals surface area (Å²) in [6.07, 6.45) is -1.72. The van der Waals surface area contributed by atoms with Crippen LogP contribution in [0.5, 0.6) is 5.75 Å². The van der Waals surface area contributed by atoms with Crippen molar-refractivity contribution < 1.29 is 27.4 Å². The maximum absolute atomic E-state index is 13.2. The molecule has 1 aliphatic heterocycles. The van der Waals surface area contributed by atoms with Gasteiger partial charge in [-0.25, -0.2) is 4.98 Å². The van der Waals surface area contributed by atoms with Crippen LogP contribution in [0.15, 0.2) is 42.5 Å². The number of imidazole rings is 1. The fourth-order valence-electron chi connectivity index (χ4n) is 5.99. The van der Waals surface area contributed by atoms with Crippen LogP contribution in [0, 0.1) is 11.3 Å². The molecule has 0 bridgehead atoms. The molecule has 2 heterocycles. The molecule has 1 saturated heterocycles. The third-order valence-electron chi connectivity index (χ3n) is 7.31. The van der Waals surface area contributed by atoms with Crippen LogP contribution in [0.4, 0.5) is 24.8 Å². The second-order valence-corrected chi connectivity index (χ2v) is 11.2. The summed E-state index contributed by atoms with van der Waals surface area (Å²) in [5, 5.41) is 3.31. The number of nitrogens with zero attached hydrogens (tertiary/aromatic N) is 3. The molecule has 1 aliphatic carbocycles. The fraction of sp³-hybridized carbons (Fsp3) is 0.500. The van der Waals surface area contributed by atoms with Gasteiger partial charge >= 0.3 is 6.36 Å². The summed E-state index contributed by atoms with van der Waals surface area (Å²) >= 11 is 0. The van der Waals surface area contributed by atoms with Crippen LogP contribution in [0.2, 0.25) is 0 Å². The van der Waals surface area contributed by atoms with E-state index in [1.54, 1.807) is 11.0 Å². The molecule has 2 atom stereocenters. The topological polar surface area (TPSA) is 68.6 Å². The van der Waals surface area contributed by atoms with Crippen LogP contribution >= 0.6 is 0 Å². The number of fused-ring (bicyclic) bond motifs is 1. The summed E-state index contributed by atoms with van der Waals surface area (Å²) in [6.45, 7) is 8.98. The molecule has 3 aromatic rings. The molecule has 5 rings (SSSR count). The maximum atomic E-state index is 13.2. The molecule has 2 fully saturated rings. The van der Waals surface area contributed by atoms with E-state index in [2.05, 4.69) is 35.4 Å². The molecule has 38 heavy (non-hydrogen) atoms. The third-order valence-corrected chi connectivity index (χ3v) is 7.31. The average molecular weight is 531 g/mol. The Morgan fingerprint density at radius 2 is 1.82 bits per heavy atom. The number of amides is 1. The van der Waals surface area contributed by atoms with E-state index < -0.39 is 6.36 Å². The minimum absolute atomic E-state index is 0.0324. The average Bonchev–Trinajstić information content (AvgIpc) is 3.20. The van der Waals surface area contributed by atoms with Crippen molar-refractivity contribution in [2.75, 3.05) is 31.6 Å². The number of rotatable bonds is 5. The second kappa shape index (κ2) is 10.1. The van der Waals surface area contributed by atoms with Gasteiger partial charge in [-0.15, -0.1) is 13.2 Å². The van der Waals surface area contributed by atoms with Crippen molar-refractivity contribution >= 4 is 28.6 Å². The Kier molecular flexibility index (Phi) is 7.02. The SMILES string of the molecule is C[C@@H]1C[C@H](n2c(Nc3ccc(OC(F)(F)F)cc3)nc3ccc(C(=O)N4CCOCC4)cc32)CC(C)(C)C1. The van der Waals surface area contributed by atoms with Crippen molar-refractivity contribution in [2.24, 2.45) is 11.3 Å². The molecule has 7 nitrogen and oxygen atoms in total. The summed E-state index contributed by atoms with van der Waals surface area (Å²) in [4.78, 5) is 19.9. The number of aromatic nitrogens is 2. The smallest absolute Gasteiger partial charge is 0.406 e. The molecule has 0 radical (unpaired) electrons. The fourth-order valence-corrected chi connectivity index (χ4v) is 5.99. The number of halogens is 3. The number of ether oxygens (including phenoxy) is 2. The van der Waals surface area contributed by atoms with Gasteiger partial charge in [-0.3, -0.25) is 4.79 Å². The van der Waals surface area contributed by atoms with Gasteiger partial charge < -0.3 is 24.3 Å². The van der Waals surface area contributed by atoms with Crippen LogP contribution in [-0.4, -0.2) is 53.0 Å². The molecule has 1 aromatic heterocycles. The highest BCUT2D eigenvalue weighted by atomic mass is 19.4. The summed E-state index contributed by atoms with van der Waals surface area (Å²) in [7, 11) is 0. The Hall–Kier alpha value is -3.27. The van der Waals surface area contributed by atoms with E-state index in [1.807, 2.05) is 12.1 Å². The van der Waals surface area contributed by atoms with E-state index in [-0.39, 0.29) is 23.1 Å². The largest absolute Gasteiger partial charge is 0.573 e. The van der Waals surface area contributed by atoms with E-state index in [9.17, 15) is 18.0 Å². The van der Waals surface area contributed by atoms with Gasteiger partial charge in [0.15, 0.2) is 0 Å². The molecule has 2 aromatic carbocycles. The number of morpholine rings is 1. The zero-order chi connectivity index (χ0) is 27.1. The molecule has 2 aliphatic rings. The number of hydrogen-bond acceptors (Lipinski definition) is 5. The van der Waals surface area contributed by atoms with E-state index in [4.69, 9.17) is 9.72 Å². The minimum Gasteiger partial charge on any atom is -0.406 e. The van der Waals surface area contributed by atoms with Crippen molar-refractivity contribution in [2.45, 2.75) is 52.4 Å². The molecular formula is C28H33F3N4O3. The highest BCUT2D eigenvalue weighted by Gasteiger charge is 2.35. The highest BCUT2D eigenvalue weighted by Crippen LogP contribution is 2.46. The Bertz CT molecular complexity index is 1300. The number of alkyl halides is 3. The number of hydrogen-bond donors (Lipinski definition) is 1. The molecule has 204 valence electrons. The molecule has 1 N–H and O–H groups in total. The van der Waals surface area contributed by atoms with Crippen molar-refractivity contribution in [3.8, 4) is 5.75 Å². The third kappa shape index (κ3) is 5.90. The Labute approximate surface area is 219 Å². The van der Waals surface area contributed by atoms with E-state index in [1.165, 1.54) is 24.3 Å². The Balaban J connectivity index is 1.52. The zero-order valence-corrected chi connectivity index (χ0v) is 21.8. The van der Waals surface area contributed by atoms with Crippen molar-refractivity contribution in [3.05, 3.63) is 48.0 Å². The van der Waals surface area contributed by atoms with Gasteiger partial charge in [-0.05, 0) is 73.1 Å². The monoisotopic (exact) mass is 530 g/mol. The predicted octanol–water partition coefficient (Wildman–Crippen LogP) is 6.54. The number of anilines is 2. The number of benzene rings is 2. The van der Waals surface area contributed by atoms with Gasteiger partial charge in [-0.2, -0.15) is 0 Å². The maximum Gasteiger partial charge on any atom is 0.573 e. The van der Waals surface area contributed by atoms with E-state index >= 15 is 0 Å². The first kappa shape index (κ1) is 26.3. The van der Waals surface area contributed by atoms with Crippen LogP contribution < -0.4 is 10.1 Å². The van der Waals surface area contributed by atoms with Crippen LogP contribution in [0.25, 0.3) is 11.0 Å². The van der Waals surface area contributed by atoms with Gasteiger partial charge in [-0.1, -0.05) is 20.8 Å². The van der Waals surface area contributed by atoms with Gasteiger partial charge in [0.05, 0.1) is 24.2 Å². The van der Waals surface area contributed by atoms with Gasteiger partial charge in [0.25, 0.3) is 5.91 Å². The first-order valence-electron chi connectivity index (χ1n) is 13.0. The Morgan fingerprint density at radius 3 is 2.47 bits per heavy atom. The van der Waals surface area contributed by atoms with Crippen LogP contribution in [0.1, 0.15) is 56.4 Å².